The van der Waals surface area contributed by atoms with Crippen LogP contribution in [0.15, 0.2) is 30.3 Å². The average molecular weight is 387 g/mol. The van der Waals surface area contributed by atoms with Crippen molar-refractivity contribution in [2.24, 2.45) is 0 Å². The largest absolute Gasteiger partial charge is 0.483 e. The number of aryl methyl sites for hydroxylation is 1. The summed E-state index contributed by atoms with van der Waals surface area (Å²) in [5.74, 6) is 1.14. The molecule has 1 aliphatic heterocycles. The zero-order valence-corrected chi connectivity index (χ0v) is 16.5. The van der Waals surface area contributed by atoms with Crippen LogP contribution in [-0.2, 0) is 22.6 Å². The first-order valence-corrected chi connectivity index (χ1v) is 9.46. The highest BCUT2D eigenvalue weighted by Gasteiger charge is 2.17. The third-order valence-corrected chi connectivity index (χ3v) is 4.62. The molecule has 28 heavy (non-hydrogen) atoms. The van der Waals surface area contributed by atoms with Gasteiger partial charge in [-0.15, -0.1) is 0 Å². The number of carbonyl (C=O) groups is 1. The predicted octanol–water partition coefficient (Wildman–Crippen LogP) is 3.86. The van der Waals surface area contributed by atoms with E-state index in [0.29, 0.717) is 36.8 Å². The highest BCUT2D eigenvalue weighted by atomic mass is 19.1. The van der Waals surface area contributed by atoms with E-state index in [1.165, 1.54) is 12.1 Å². The van der Waals surface area contributed by atoms with E-state index in [9.17, 15) is 9.18 Å². The van der Waals surface area contributed by atoms with Gasteiger partial charge in [-0.1, -0.05) is 26.0 Å². The number of fused-ring (bicyclic) bond motifs is 1. The second kappa shape index (κ2) is 9.06. The Morgan fingerprint density at radius 2 is 2.11 bits per heavy atom. The fourth-order valence-electron chi connectivity index (χ4n) is 3.22. The molecule has 0 spiro atoms. The van der Waals surface area contributed by atoms with Crippen LogP contribution >= 0.6 is 0 Å². The van der Waals surface area contributed by atoms with Gasteiger partial charge in [0, 0.05) is 12.1 Å². The summed E-state index contributed by atoms with van der Waals surface area (Å²) in [6.07, 6.45) is 0.466. The molecule has 5 nitrogen and oxygen atoms in total. The van der Waals surface area contributed by atoms with E-state index in [1.807, 2.05) is 25.1 Å². The van der Waals surface area contributed by atoms with Crippen molar-refractivity contribution in [3.63, 3.8) is 0 Å². The van der Waals surface area contributed by atoms with Crippen LogP contribution in [0.25, 0.3) is 0 Å². The maximum Gasteiger partial charge on any atom is 0.257 e. The predicted molar refractivity (Wildman–Crippen MR) is 104 cm³/mol. The first-order valence-electron chi connectivity index (χ1n) is 9.46. The molecule has 1 N–H and O–H groups in total. The molecule has 0 unspecified atom stereocenters. The summed E-state index contributed by atoms with van der Waals surface area (Å²) in [6, 6.07) is 8.87. The third-order valence-electron chi connectivity index (χ3n) is 4.62. The van der Waals surface area contributed by atoms with E-state index < -0.39 is 0 Å². The first-order chi connectivity index (χ1) is 13.4. The Morgan fingerprint density at radius 1 is 1.29 bits per heavy atom. The molecule has 0 saturated carbocycles. The van der Waals surface area contributed by atoms with Gasteiger partial charge in [-0.05, 0) is 54.2 Å². The second-order valence-electron chi connectivity index (χ2n) is 7.25. The number of hydrogen-bond donors (Lipinski definition) is 1. The van der Waals surface area contributed by atoms with Gasteiger partial charge >= 0.3 is 0 Å². The summed E-state index contributed by atoms with van der Waals surface area (Å²) >= 11 is 0. The van der Waals surface area contributed by atoms with Crippen LogP contribution in [0.5, 0.6) is 11.5 Å². The van der Waals surface area contributed by atoms with Gasteiger partial charge in [0.15, 0.2) is 13.4 Å². The number of ether oxygens (including phenoxy) is 3. The van der Waals surface area contributed by atoms with Crippen LogP contribution < -0.4 is 14.8 Å². The number of carbonyl (C=O) groups excluding carboxylic acids is 1. The van der Waals surface area contributed by atoms with Crippen molar-refractivity contribution in [2.45, 2.75) is 39.7 Å². The van der Waals surface area contributed by atoms with Crippen molar-refractivity contribution < 1.29 is 23.4 Å². The number of halogens is 1. The molecule has 0 fully saturated rings. The minimum absolute atomic E-state index is 0.0607. The van der Waals surface area contributed by atoms with Crippen molar-refractivity contribution in [1.29, 1.82) is 0 Å². The van der Waals surface area contributed by atoms with Crippen molar-refractivity contribution in [2.75, 3.05) is 19.9 Å². The van der Waals surface area contributed by atoms with Gasteiger partial charge in [0.2, 0.25) is 0 Å². The number of amides is 1. The minimum Gasteiger partial charge on any atom is -0.483 e. The second-order valence-corrected chi connectivity index (χ2v) is 7.25. The van der Waals surface area contributed by atoms with Gasteiger partial charge in [-0.3, -0.25) is 4.79 Å². The van der Waals surface area contributed by atoms with Crippen molar-refractivity contribution in [1.82, 2.24) is 5.32 Å². The monoisotopic (exact) mass is 387 g/mol. The van der Waals surface area contributed by atoms with Crippen molar-refractivity contribution in [3.05, 3.63) is 58.4 Å². The lowest BCUT2D eigenvalue weighted by molar-refractivity contribution is -0.123. The first kappa shape index (κ1) is 20.1. The molecule has 1 aliphatic rings. The molecule has 0 aromatic heterocycles. The SMILES string of the molecule is Cc1ccc(C(C)C)c(OCC(=O)NCCc2cc(F)cc3c2OCOC3)c1. The Labute approximate surface area is 164 Å². The molecule has 2 aromatic carbocycles. The van der Waals surface area contributed by atoms with E-state index in [1.54, 1.807) is 0 Å². The van der Waals surface area contributed by atoms with Gasteiger partial charge in [0.1, 0.15) is 17.3 Å². The Kier molecular flexibility index (Phi) is 6.52. The quantitative estimate of drug-likeness (QED) is 0.784. The molecule has 6 heteroatoms. The van der Waals surface area contributed by atoms with Gasteiger partial charge in [0.05, 0.1) is 6.61 Å². The zero-order valence-electron chi connectivity index (χ0n) is 16.5. The van der Waals surface area contributed by atoms with Crippen LogP contribution in [0.3, 0.4) is 0 Å². The van der Waals surface area contributed by atoms with Crippen LogP contribution in [0.2, 0.25) is 0 Å². The molecular formula is C22H26FNO4. The number of hydrogen-bond acceptors (Lipinski definition) is 4. The summed E-state index contributed by atoms with van der Waals surface area (Å²) in [6.45, 7) is 6.95. The van der Waals surface area contributed by atoms with Gasteiger partial charge in [-0.2, -0.15) is 0 Å². The van der Waals surface area contributed by atoms with Crippen molar-refractivity contribution >= 4 is 5.91 Å². The average Bonchev–Trinajstić information content (AvgIpc) is 2.66. The molecule has 1 amide bonds. The zero-order chi connectivity index (χ0) is 20.1. The molecule has 1 heterocycles. The van der Waals surface area contributed by atoms with Gasteiger partial charge < -0.3 is 19.5 Å². The lowest BCUT2D eigenvalue weighted by Crippen LogP contribution is -2.31. The Morgan fingerprint density at radius 3 is 2.89 bits per heavy atom. The molecule has 2 aromatic rings. The normalized spacial score (nSPS) is 13.0. The maximum absolute atomic E-state index is 13.8. The van der Waals surface area contributed by atoms with Crippen LogP contribution in [-0.4, -0.2) is 25.9 Å². The highest BCUT2D eigenvalue weighted by Crippen LogP contribution is 2.30. The van der Waals surface area contributed by atoms with Gasteiger partial charge in [0.25, 0.3) is 5.91 Å². The molecule has 0 bridgehead atoms. The van der Waals surface area contributed by atoms with E-state index in [0.717, 1.165) is 22.4 Å². The standard InChI is InChI=1S/C22H26FNO4/c1-14(2)19-5-4-15(3)8-20(19)27-12-21(25)24-7-6-16-9-18(23)10-17-11-26-13-28-22(16)17/h4-5,8-10,14H,6-7,11-13H2,1-3H3,(H,24,25). The van der Waals surface area contributed by atoms with E-state index >= 15 is 0 Å². The Hall–Kier alpha value is -2.60. The summed E-state index contributed by atoms with van der Waals surface area (Å²) < 4.78 is 30.2. The molecule has 0 radical (unpaired) electrons. The smallest absolute Gasteiger partial charge is 0.257 e. The molecule has 0 atom stereocenters. The third kappa shape index (κ3) is 5.01. The van der Waals surface area contributed by atoms with E-state index in [4.69, 9.17) is 14.2 Å². The molecule has 0 aliphatic carbocycles. The lowest BCUT2D eigenvalue weighted by atomic mass is 10.0. The van der Waals surface area contributed by atoms with Gasteiger partial charge in [-0.25, -0.2) is 4.39 Å². The fraction of sp³-hybridized carbons (Fsp3) is 0.409. The molecule has 0 saturated heterocycles. The summed E-state index contributed by atoms with van der Waals surface area (Å²) in [4.78, 5) is 12.2. The molecular weight excluding hydrogens is 361 g/mol. The number of nitrogens with one attached hydrogen (secondary N) is 1. The number of benzene rings is 2. The molecule has 150 valence electrons. The lowest BCUT2D eigenvalue weighted by Gasteiger charge is -2.21. The fourth-order valence-corrected chi connectivity index (χ4v) is 3.22. The maximum atomic E-state index is 13.8. The molecule has 3 rings (SSSR count). The highest BCUT2D eigenvalue weighted by molar-refractivity contribution is 5.77. The van der Waals surface area contributed by atoms with Crippen molar-refractivity contribution in [3.8, 4) is 11.5 Å². The van der Waals surface area contributed by atoms with E-state index in [-0.39, 0.29) is 25.1 Å². The van der Waals surface area contributed by atoms with Crippen LogP contribution in [0.4, 0.5) is 4.39 Å². The van der Waals surface area contributed by atoms with Crippen LogP contribution in [0.1, 0.15) is 42.0 Å². The van der Waals surface area contributed by atoms with E-state index in [2.05, 4.69) is 19.2 Å². The summed E-state index contributed by atoms with van der Waals surface area (Å²) in [5, 5.41) is 2.82. The summed E-state index contributed by atoms with van der Waals surface area (Å²) in [5.41, 5.74) is 3.57. The Bertz CT molecular complexity index is 851. The summed E-state index contributed by atoms with van der Waals surface area (Å²) in [7, 11) is 0. The minimum atomic E-state index is -0.335. The van der Waals surface area contributed by atoms with Crippen LogP contribution in [0, 0.1) is 12.7 Å². The number of rotatable bonds is 7. The Balaban J connectivity index is 1.54. The topological polar surface area (TPSA) is 56.8 Å².